The predicted molar refractivity (Wildman–Crippen MR) is 109 cm³/mol. The number of piperazine rings is 1. The molecule has 1 fully saturated rings. The van der Waals surface area contributed by atoms with Gasteiger partial charge < -0.3 is 25.2 Å². The van der Waals surface area contributed by atoms with Gasteiger partial charge in [-0.2, -0.15) is 0 Å². The summed E-state index contributed by atoms with van der Waals surface area (Å²) in [6.45, 7) is 4.56. The molecular weight excluding hydrogens is 358 g/mol. The summed E-state index contributed by atoms with van der Waals surface area (Å²) in [5.74, 6) is 0.430. The molecule has 1 aliphatic heterocycles. The van der Waals surface area contributed by atoms with Gasteiger partial charge in [0.25, 0.3) is 0 Å². The number of carbonyl (C=O) groups excluding carboxylic acids is 2. The third kappa shape index (κ3) is 4.70. The molecule has 1 saturated heterocycles. The van der Waals surface area contributed by atoms with Crippen molar-refractivity contribution in [1.82, 2.24) is 9.88 Å². The van der Waals surface area contributed by atoms with Crippen LogP contribution in [0.1, 0.15) is 13.3 Å². The van der Waals surface area contributed by atoms with Gasteiger partial charge in [0.1, 0.15) is 5.75 Å². The van der Waals surface area contributed by atoms with E-state index in [9.17, 15) is 9.59 Å². The number of anilines is 3. The number of carbonyl (C=O) groups is 2. The molecule has 148 valence electrons. The lowest BCUT2D eigenvalue weighted by Gasteiger charge is -2.36. The zero-order chi connectivity index (χ0) is 19.9. The van der Waals surface area contributed by atoms with Gasteiger partial charge in [-0.25, -0.2) is 4.79 Å². The summed E-state index contributed by atoms with van der Waals surface area (Å²) in [6, 6.07) is 8.97. The molecule has 3 amide bonds. The van der Waals surface area contributed by atoms with Gasteiger partial charge >= 0.3 is 6.03 Å². The number of nitrogens with one attached hydrogen (secondary N) is 2. The number of methoxy groups -OCH3 is 1. The van der Waals surface area contributed by atoms with Crippen LogP contribution in [0.4, 0.5) is 21.9 Å². The molecule has 8 nitrogen and oxygen atoms in total. The maximum atomic E-state index is 12.6. The summed E-state index contributed by atoms with van der Waals surface area (Å²) in [7, 11) is 1.54. The molecule has 0 spiro atoms. The standard InChI is InChI=1S/C20H25N5O3/c1-3-19(26)23-17-14-15(4-5-18(17)28-2)22-20(27)25-12-10-24(11-13-25)16-6-8-21-9-7-16/h4-9,14H,3,10-13H2,1-2H3,(H,22,27)(H,23,26). The van der Waals surface area contributed by atoms with Crippen molar-refractivity contribution in [3.05, 3.63) is 42.7 Å². The highest BCUT2D eigenvalue weighted by atomic mass is 16.5. The number of amides is 3. The Balaban J connectivity index is 1.60. The fourth-order valence-corrected chi connectivity index (χ4v) is 3.05. The van der Waals surface area contributed by atoms with Crippen LogP contribution in [0.5, 0.6) is 5.75 Å². The number of nitrogens with zero attached hydrogens (tertiary/aromatic N) is 3. The third-order valence-electron chi connectivity index (χ3n) is 4.64. The number of benzene rings is 1. The van der Waals surface area contributed by atoms with Crippen molar-refractivity contribution < 1.29 is 14.3 Å². The largest absolute Gasteiger partial charge is 0.495 e. The van der Waals surface area contributed by atoms with Crippen LogP contribution < -0.4 is 20.3 Å². The Bertz CT molecular complexity index is 820. The van der Waals surface area contributed by atoms with E-state index in [1.165, 1.54) is 7.11 Å². The molecule has 1 aromatic carbocycles. The molecule has 0 radical (unpaired) electrons. The number of pyridine rings is 1. The number of ether oxygens (including phenoxy) is 1. The maximum Gasteiger partial charge on any atom is 0.321 e. The first-order valence-corrected chi connectivity index (χ1v) is 9.29. The summed E-state index contributed by atoms with van der Waals surface area (Å²) in [4.78, 5) is 32.4. The van der Waals surface area contributed by atoms with Crippen LogP contribution in [0.15, 0.2) is 42.7 Å². The van der Waals surface area contributed by atoms with Crippen molar-refractivity contribution in [2.24, 2.45) is 0 Å². The molecule has 0 bridgehead atoms. The molecule has 0 unspecified atom stereocenters. The average molecular weight is 383 g/mol. The lowest BCUT2D eigenvalue weighted by molar-refractivity contribution is -0.115. The minimum absolute atomic E-state index is 0.117. The first-order chi connectivity index (χ1) is 13.6. The second-order valence-corrected chi connectivity index (χ2v) is 6.43. The lowest BCUT2D eigenvalue weighted by Crippen LogP contribution is -2.50. The van der Waals surface area contributed by atoms with Gasteiger partial charge in [0.15, 0.2) is 0 Å². The molecule has 1 aliphatic rings. The Morgan fingerprint density at radius 2 is 1.79 bits per heavy atom. The fourth-order valence-electron chi connectivity index (χ4n) is 3.05. The summed E-state index contributed by atoms with van der Waals surface area (Å²) < 4.78 is 5.27. The second kappa shape index (κ2) is 9.07. The highest BCUT2D eigenvalue weighted by Crippen LogP contribution is 2.28. The minimum atomic E-state index is -0.160. The van der Waals surface area contributed by atoms with E-state index in [-0.39, 0.29) is 11.9 Å². The molecule has 8 heteroatoms. The van der Waals surface area contributed by atoms with E-state index >= 15 is 0 Å². The number of urea groups is 1. The number of hydrogen-bond acceptors (Lipinski definition) is 5. The Hall–Kier alpha value is -3.29. The molecule has 2 aromatic rings. The molecule has 28 heavy (non-hydrogen) atoms. The van der Waals surface area contributed by atoms with Gasteiger partial charge in [-0.05, 0) is 30.3 Å². The van der Waals surface area contributed by atoms with Crippen molar-refractivity contribution in [1.29, 1.82) is 0 Å². The smallest absolute Gasteiger partial charge is 0.321 e. The number of hydrogen-bond donors (Lipinski definition) is 2. The van der Waals surface area contributed by atoms with E-state index < -0.39 is 0 Å². The van der Waals surface area contributed by atoms with Crippen molar-refractivity contribution in [2.45, 2.75) is 13.3 Å². The SMILES string of the molecule is CCC(=O)Nc1cc(NC(=O)N2CCN(c3ccncc3)CC2)ccc1OC. The molecule has 0 saturated carbocycles. The zero-order valence-corrected chi connectivity index (χ0v) is 16.1. The normalized spacial score (nSPS) is 13.8. The molecule has 0 atom stereocenters. The quantitative estimate of drug-likeness (QED) is 0.829. The van der Waals surface area contributed by atoms with Crippen molar-refractivity contribution in [2.75, 3.05) is 48.8 Å². The maximum absolute atomic E-state index is 12.6. The van der Waals surface area contributed by atoms with Crippen LogP contribution in [-0.4, -0.2) is 55.1 Å². The Morgan fingerprint density at radius 3 is 2.43 bits per heavy atom. The molecular formula is C20H25N5O3. The predicted octanol–water partition coefficient (Wildman–Crippen LogP) is 2.79. The first-order valence-electron chi connectivity index (χ1n) is 9.29. The van der Waals surface area contributed by atoms with Gasteiger partial charge in [-0.15, -0.1) is 0 Å². The van der Waals surface area contributed by atoms with Crippen LogP contribution in [0.25, 0.3) is 0 Å². The Morgan fingerprint density at radius 1 is 1.07 bits per heavy atom. The first kappa shape index (κ1) is 19.5. The van der Waals surface area contributed by atoms with E-state index in [1.54, 1.807) is 42.4 Å². The number of rotatable bonds is 5. The molecule has 1 aromatic heterocycles. The Kier molecular flexibility index (Phi) is 6.31. The zero-order valence-electron chi connectivity index (χ0n) is 16.1. The monoisotopic (exact) mass is 383 g/mol. The average Bonchev–Trinajstić information content (AvgIpc) is 2.74. The topological polar surface area (TPSA) is 86.8 Å². The van der Waals surface area contributed by atoms with Gasteiger partial charge in [0.2, 0.25) is 5.91 Å². The molecule has 3 rings (SSSR count). The van der Waals surface area contributed by atoms with Gasteiger partial charge in [0.05, 0.1) is 12.8 Å². The summed E-state index contributed by atoms with van der Waals surface area (Å²) in [6.07, 6.45) is 3.90. The number of aromatic nitrogens is 1. The van der Waals surface area contributed by atoms with Crippen molar-refractivity contribution in [3.8, 4) is 5.75 Å². The fraction of sp³-hybridized carbons (Fsp3) is 0.350. The van der Waals surface area contributed by atoms with Crippen molar-refractivity contribution in [3.63, 3.8) is 0 Å². The highest BCUT2D eigenvalue weighted by Gasteiger charge is 2.21. The van der Waals surface area contributed by atoms with Crippen LogP contribution >= 0.6 is 0 Å². The molecule has 0 aliphatic carbocycles. The van der Waals surface area contributed by atoms with Crippen molar-refractivity contribution >= 4 is 29.0 Å². The molecule has 2 N–H and O–H groups in total. The minimum Gasteiger partial charge on any atom is -0.495 e. The van der Waals surface area contributed by atoms with E-state index in [2.05, 4.69) is 20.5 Å². The van der Waals surface area contributed by atoms with Gasteiger partial charge in [-0.3, -0.25) is 9.78 Å². The summed E-state index contributed by atoms with van der Waals surface area (Å²) >= 11 is 0. The summed E-state index contributed by atoms with van der Waals surface area (Å²) in [5.41, 5.74) is 2.25. The summed E-state index contributed by atoms with van der Waals surface area (Å²) in [5, 5.41) is 5.69. The van der Waals surface area contributed by atoms with E-state index in [1.807, 2.05) is 12.1 Å². The third-order valence-corrected chi connectivity index (χ3v) is 4.64. The van der Waals surface area contributed by atoms with Crippen LogP contribution in [0.3, 0.4) is 0 Å². The second-order valence-electron chi connectivity index (χ2n) is 6.43. The van der Waals surface area contributed by atoms with Crippen LogP contribution in [0.2, 0.25) is 0 Å². The van der Waals surface area contributed by atoms with E-state index in [4.69, 9.17) is 4.74 Å². The van der Waals surface area contributed by atoms with Gasteiger partial charge in [-0.1, -0.05) is 6.92 Å². The van der Waals surface area contributed by atoms with Gasteiger partial charge in [0, 0.05) is 56.4 Å². The van der Waals surface area contributed by atoms with Crippen LogP contribution in [-0.2, 0) is 4.79 Å². The Labute approximate surface area is 164 Å². The molecule has 2 heterocycles. The van der Waals surface area contributed by atoms with E-state index in [0.29, 0.717) is 36.6 Å². The van der Waals surface area contributed by atoms with Crippen LogP contribution in [0, 0.1) is 0 Å². The van der Waals surface area contributed by atoms with E-state index in [0.717, 1.165) is 18.8 Å². The highest BCUT2D eigenvalue weighted by molar-refractivity contribution is 5.95. The lowest BCUT2D eigenvalue weighted by atomic mass is 10.2.